The van der Waals surface area contributed by atoms with E-state index in [-0.39, 0.29) is 17.9 Å². The highest BCUT2D eigenvalue weighted by molar-refractivity contribution is 5.86. The Bertz CT molecular complexity index is 2350. The van der Waals surface area contributed by atoms with Crippen molar-refractivity contribution in [1.82, 2.24) is 29.8 Å². The number of carbonyl (C=O) groups is 3. The van der Waals surface area contributed by atoms with Gasteiger partial charge in [0.15, 0.2) is 46.5 Å². The van der Waals surface area contributed by atoms with Crippen LogP contribution in [0.1, 0.15) is 93.6 Å². The maximum absolute atomic E-state index is 14.1. The average molecular weight is 971 g/mol. The Labute approximate surface area is 397 Å². The number of nitrogens with zero attached hydrogens (tertiary/aromatic N) is 5. The van der Waals surface area contributed by atoms with E-state index >= 15 is 0 Å². The molecule has 3 amide bonds. The van der Waals surface area contributed by atoms with Crippen molar-refractivity contribution in [2.24, 2.45) is 0 Å². The molecule has 0 radical (unpaired) electrons. The molecule has 18 heteroatoms. The van der Waals surface area contributed by atoms with Crippen LogP contribution < -0.4 is 5.32 Å². The summed E-state index contributed by atoms with van der Waals surface area (Å²) in [5.41, 5.74) is 0.982. The summed E-state index contributed by atoms with van der Waals surface area (Å²) in [4.78, 5) is 48.0. The lowest BCUT2D eigenvalue weighted by atomic mass is 9.95. The quantitative estimate of drug-likeness (QED) is 0.177. The number of piperidine rings is 2. The number of carbonyl (C=O) groups excluding carboxylic acids is 3. The van der Waals surface area contributed by atoms with E-state index in [1.54, 1.807) is 25.7 Å². The zero-order chi connectivity index (χ0) is 49.6. The molecule has 8 rings (SSSR count). The van der Waals surface area contributed by atoms with E-state index in [0.717, 1.165) is 87.2 Å². The molecular formula is C51H58F8N6O4. The highest BCUT2D eigenvalue weighted by Gasteiger charge is 2.39. The summed E-state index contributed by atoms with van der Waals surface area (Å²) in [5, 5.41) is 3.27. The summed E-state index contributed by atoms with van der Waals surface area (Å²) in [6.07, 6.45) is 4.58. The van der Waals surface area contributed by atoms with E-state index in [4.69, 9.17) is 4.74 Å². The monoisotopic (exact) mass is 970 g/mol. The third kappa shape index (κ3) is 12.6. The number of ether oxygens (including phenoxy) is 1. The van der Waals surface area contributed by atoms with Crippen molar-refractivity contribution in [3.63, 3.8) is 0 Å². The minimum absolute atomic E-state index is 0.0801. The third-order valence-electron chi connectivity index (χ3n) is 13.0. The van der Waals surface area contributed by atoms with E-state index in [1.165, 1.54) is 29.2 Å². The first-order valence-electron chi connectivity index (χ1n) is 23.5. The Kier molecular flexibility index (Phi) is 16.7. The molecule has 4 heterocycles. The molecule has 4 fully saturated rings. The maximum Gasteiger partial charge on any atom is 0.410 e. The van der Waals surface area contributed by atoms with Crippen LogP contribution in [0.2, 0.25) is 0 Å². The molecule has 0 aliphatic carbocycles. The zero-order valence-electron chi connectivity index (χ0n) is 38.9. The van der Waals surface area contributed by atoms with Crippen molar-refractivity contribution in [2.75, 3.05) is 65.4 Å². The van der Waals surface area contributed by atoms with Gasteiger partial charge in [-0.3, -0.25) is 24.3 Å². The highest BCUT2D eigenvalue weighted by Crippen LogP contribution is 2.34. The minimum atomic E-state index is -1.04. The van der Waals surface area contributed by atoms with Gasteiger partial charge >= 0.3 is 6.09 Å². The Morgan fingerprint density at radius 1 is 0.507 bits per heavy atom. The summed E-state index contributed by atoms with van der Waals surface area (Å²) in [7, 11) is 0. The molecule has 4 aliphatic heterocycles. The van der Waals surface area contributed by atoms with Gasteiger partial charge in [0.1, 0.15) is 11.6 Å². The molecular weight excluding hydrogens is 913 g/mol. The second-order valence-electron chi connectivity index (χ2n) is 18.9. The first-order valence-corrected chi connectivity index (χ1v) is 23.5. The van der Waals surface area contributed by atoms with E-state index in [9.17, 15) is 49.5 Å². The van der Waals surface area contributed by atoms with Gasteiger partial charge < -0.3 is 19.9 Å². The molecule has 0 unspecified atom stereocenters. The van der Waals surface area contributed by atoms with Crippen molar-refractivity contribution in [3.05, 3.63) is 142 Å². The maximum atomic E-state index is 14.1. The second-order valence-corrected chi connectivity index (χ2v) is 18.9. The smallest absolute Gasteiger partial charge is 0.410 e. The number of benzene rings is 4. The van der Waals surface area contributed by atoms with Gasteiger partial charge in [0.2, 0.25) is 11.8 Å². The van der Waals surface area contributed by atoms with Gasteiger partial charge in [0.05, 0.1) is 18.1 Å². The van der Waals surface area contributed by atoms with Crippen LogP contribution in [0, 0.1) is 46.5 Å². The van der Waals surface area contributed by atoms with E-state index < -0.39 is 76.4 Å². The summed E-state index contributed by atoms with van der Waals surface area (Å²) in [5.74, 6) is -8.10. The normalized spacial score (nSPS) is 19.6. The van der Waals surface area contributed by atoms with Crippen LogP contribution in [0.4, 0.5) is 39.9 Å². The Morgan fingerprint density at radius 3 is 1.26 bits per heavy atom. The lowest BCUT2D eigenvalue weighted by Gasteiger charge is -2.43. The van der Waals surface area contributed by atoms with Gasteiger partial charge in [-0.2, -0.15) is 0 Å². The summed E-state index contributed by atoms with van der Waals surface area (Å²) in [6, 6.07) is 12.1. The van der Waals surface area contributed by atoms with Crippen LogP contribution in [0.15, 0.2) is 72.8 Å². The molecule has 0 spiro atoms. The number of hydrogen-bond donors (Lipinski definition) is 1. The number of halogens is 8. The number of hydrogen-bond acceptors (Lipinski definition) is 7. The topological polar surface area (TPSA) is 88.7 Å². The minimum Gasteiger partial charge on any atom is -0.444 e. The van der Waals surface area contributed by atoms with Gasteiger partial charge in [0, 0.05) is 58.9 Å². The van der Waals surface area contributed by atoms with Crippen molar-refractivity contribution < 1.29 is 54.2 Å². The van der Waals surface area contributed by atoms with Gasteiger partial charge in [-0.15, -0.1) is 0 Å². The van der Waals surface area contributed by atoms with Crippen molar-refractivity contribution in [2.45, 2.75) is 89.1 Å². The van der Waals surface area contributed by atoms with Gasteiger partial charge in [0.25, 0.3) is 0 Å². The molecule has 4 aliphatic rings. The van der Waals surface area contributed by atoms with Crippen molar-refractivity contribution in [3.8, 4) is 0 Å². The van der Waals surface area contributed by atoms with Crippen LogP contribution in [0.25, 0.3) is 0 Å². The first-order chi connectivity index (χ1) is 32.9. The Morgan fingerprint density at radius 2 is 0.899 bits per heavy atom. The van der Waals surface area contributed by atoms with E-state index in [0.29, 0.717) is 87.6 Å². The molecule has 4 saturated heterocycles. The number of piperazine rings is 2. The molecule has 69 heavy (non-hydrogen) atoms. The molecule has 1 N–H and O–H groups in total. The van der Waals surface area contributed by atoms with Gasteiger partial charge in [-0.05, 0) is 130 Å². The number of likely N-dealkylation sites (tertiary alicyclic amines) is 1. The fraction of sp³-hybridized carbons (Fsp3) is 0.471. The predicted molar refractivity (Wildman–Crippen MR) is 242 cm³/mol. The lowest BCUT2D eigenvalue weighted by molar-refractivity contribution is -0.140. The van der Waals surface area contributed by atoms with Crippen LogP contribution in [0.3, 0.4) is 0 Å². The average Bonchev–Trinajstić information content (AvgIpc) is 3.33. The molecule has 10 nitrogen and oxygen atoms in total. The van der Waals surface area contributed by atoms with Crippen LogP contribution in [0.5, 0.6) is 0 Å². The van der Waals surface area contributed by atoms with Gasteiger partial charge in [-0.25, -0.2) is 39.9 Å². The number of nitrogens with one attached hydrogen (secondary N) is 1. The number of rotatable bonds is 8. The Balaban J connectivity index is 0.000000208. The fourth-order valence-corrected chi connectivity index (χ4v) is 9.58. The molecule has 0 aromatic heterocycles. The molecule has 372 valence electrons. The number of amides is 3. The largest absolute Gasteiger partial charge is 0.444 e. The third-order valence-corrected chi connectivity index (χ3v) is 13.0. The fourth-order valence-electron chi connectivity index (χ4n) is 9.58. The standard InChI is InChI=1S/C28H33F4N3O3.C23H25F4N3O/c1-28(2,3)38-27(37)35-11-5-4-6-24(35)26(36)34-14-12-33(13-15-34)25(18-7-9-20(29)22(31)16-18)19-8-10-21(30)23(32)17-19;24-17-6-4-15(13-19(17)26)22(16-5-7-18(25)20(27)14-16)29-9-11-30(12-10-29)23(31)21-3-1-2-8-28-21/h7-10,16-17,24-25H,4-6,11-15H2,1-3H3;4-7,13-14,21-22,28H,1-3,8-12H2/t24-;21-/m00/s1. The van der Waals surface area contributed by atoms with Crippen LogP contribution in [-0.2, 0) is 14.3 Å². The summed E-state index contributed by atoms with van der Waals surface area (Å²) < 4.78 is 116. The lowest BCUT2D eigenvalue weighted by Crippen LogP contribution is -2.58. The molecule has 0 bridgehead atoms. The second kappa shape index (κ2) is 22.4. The molecule has 0 saturated carbocycles. The Hall–Kier alpha value is -5.59. The van der Waals surface area contributed by atoms with Crippen molar-refractivity contribution in [1.29, 1.82) is 0 Å². The van der Waals surface area contributed by atoms with E-state index in [2.05, 4.69) is 5.32 Å². The first kappa shape index (κ1) is 51.3. The van der Waals surface area contributed by atoms with Crippen molar-refractivity contribution >= 4 is 17.9 Å². The van der Waals surface area contributed by atoms with Crippen LogP contribution in [-0.4, -0.2) is 126 Å². The SMILES string of the molecule is CC(C)(C)OC(=O)N1CCCC[C@H]1C(=O)N1CCN(C(c2ccc(F)c(F)c2)c2ccc(F)c(F)c2)CC1.O=C([C@@H]1CCCCN1)N1CCN(C(c2ccc(F)c(F)c2)c2ccc(F)c(F)c2)CC1. The summed E-state index contributed by atoms with van der Waals surface area (Å²) >= 11 is 0. The molecule has 4 aromatic rings. The van der Waals surface area contributed by atoms with Crippen LogP contribution >= 0.6 is 0 Å². The highest BCUT2D eigenvalue weighted by atomic mass is 19.2. The van der Waals surface area contributed by atoms with Gasteiger partial charge in [-0.1, -0.05) is 30.7 Å². The predicted octanol–water partition coefficient (Wildman–Crippen LogP) is 8.88. The van der Waals surface area contributed by atoms with E-state index in [1.807, 2.05) is 14.7 Å². The molecule has 2 atom stereocenters. The summed E-state index contributed by atoms with van der Waals surface area (Å²) in [6.45, 7) is 9.86. The zero-order valence-corrected chi connectivity index (χ0v) is 38.9. The molecule has 4 aromatic carbocycles.